The fourth-order valence-corrected chi connectivity index (χ4v) is 3.46. The summed E-state index contributed by atoms with van der Waals surface area (Å²) in [5.41, 5.74) is 1.58. The first-order chi connectivity index (χ1) is 15.9. The van der Waals surface area contributed by atoms with Gasteiger partial charge in [0.1, 0.15) is 30.0 Å². The van der Waals surface area contributed by atoms with Crippen LogP contribution in [0.1, 0.15) is 24.0 Å². The second kappa shape index (κ2) is 11.9. The van der Waals surface area contributed by atoms with Crippen molar-refractivity contribution < 1.29 is 29.1 Å². The topological polar surface area (TPSA) is 126 Å². The van der Waals surface area contributed by atoms with Crippen molar-refractivity contribution >= 4 is 34.7 Å². The largest absolute Gasteiger partial charge is 0.480 e. The lowest BCUT2D eigenvalue weighted by molar-refractivity contribution is -0.143. The molecule has 2 aromatic rings. The van der Waals surface area contributed by atoms with E-state index in [1.807, 2.05) is 24.3 Å². The zero-order chi connectivity index (χ0) is 23.6. The number of benzene rings is 2. The van der Waals surface area contributed by atoms with E-state index in [0.717, 1.165) is 11.1 Å². The van der Waals surface area contributed by atoms with Gasteiger partial charge < -0.3 is 25.3 Å². The van der Waals surface area contributed by atoms with Crippen LogP contribution in [0.3, 0.4) is 0 Å². The minimum absolute atomic E-state index is 0.0305. The van der Waals surface area contributed by atoms with Gasteiger partial charge >= 0.3 is 12.1 Å². The Morgan fingerprint density at radius 2 is 1.67 bits per heavy atom. The van der Waals surface area contributed by atoms with Gasteiger partial charge in [-0.25, -0.2) is 9.59 Å². The molecule has 3 N–H and O–H groups in total. The molecule has 0 spiro atoms. The van der Waals surface area contributed by atoms with Crippen molar-refractivity contribution in [1.82, 2.24) is 10.6 Å². The van der Waals surface area contributed by atoms with Gasteiger partial charge in [-0.15, -0.1) is 0 Å². The summed E-state index contributed by atoms with van der Waals surface area (Å²) in [5, 5.41) is 18.4. The number of rotatable bonds is 10. The number of carboxylic acid groups (broad SMARTS) is 1. The van der Waals surface area contributed by atoms with Gasteiger partial charge in [-0.2, -0.15) is 0 Å². The average molecular weight is 474 g/mol. The van der Waals surface area contributed by atoms with E-state index in [0.29, 0.717) is 0 Å². The van der Waals surface area contributed by atoms with Crippen molar-refractivity contribution in [3.05, 3.63) is 71.8 Å². The van der Waals surface area contributed by atoms with Gasteiger partial charge in [0.2, 0.25) is 5.91 Å². The lowest BCUT2D eigenvalue weighted by Gasteiger charge is -2.22. The Morgan fingerprint density at radius 3 is 2.24 bits per heavy atom. The van der Waals surface area contributed by atoms with Gasteiger partial charge in [-0.05, 0) is 11.1 Å². The van der Waals surface area contributed by atoms with Gasteiger partial charge in [0.25, 0.3) is 0 Å². The molecule has 33 heavy (non-hydrogen) atoms. The zero-order valence-electron chi connectivity index (χ0n) is 17.6. The van der Waals surface area contributed by atoms with Gasteiger partial charge in [0.15, 0.2) is 0 Å². The number of alkyl carbamates (subject to hydrolysis) is 1. The van der Waals surface area contributed by atoms with Crippen molar-refractivity contribution in [2.75, 3.05) is 0 Å². The first-order valence-electron chi connectivity index (χ1n) is 10.3. The standard InChI is InChI=1S/C23H24ClN3O6/c24-20-13-17(33-27-20)12-19(22(29)30)25-21(28)18(11-15-7-3-1-4-8-15)26-23(31)32-14-16-9-5-2-6-10-16/h1-10,17-19H,11-14H2,(H,25,28)(H,26,31)(H,29,30)/t17?,18-,19-/m0/s1. The van der Waals surface area contributed by atoms with Crippen LogP contribution in [0.2, 0.25) is 0 Å². The average Bonchev–Trinajstić information content (AvgIpc) is 3.22. The van der Waals surface area contributed by atoms with Crippen LogP contribution < -0.4 is 10.6 Å². The third-order valence-corrected chi connectivity index (χ3v) is 5.14. The summed E-state index contributed by atoms with van der Waals surface area (Å²) in [6, 6.07) is 15.8. The Hall–Kier alpha value is -3.59. The molecule has 174 valence electrons. The second-order valence-corrected chi connectivity index (χ2v) is 7.92. The molecule has 2 aromatic carbocycles. The molecular formula is C23H24ClN3O6. The summed E-state index contributed by atoms with van der Waals surface area (Å²) in [5.74, 6) is -1.90. The molecule has 1 heterocycles. The summed E-state index contributed by atoms with van der Waals surface area (Å²) < 4.78 is 5.22. The Balaban J connectivity index is 1.64. The summed E-state index contributed by atoms with van der Waals surface area (Å²) >= 11 is 5.78. The summed E-state index contributed by atoms with van der Waals surface area (Å²) in [4.78, 5) is 42.1. The SMILES string of the molecule is O=C(N[C@@H](Cc1ccccc1)C(=O)N[C@@H](CC1CC(Cl)=NO1)C(=O)O)OCc1ccccc1. The van der Waals surface area contributed by atoms with Crippen molar-refractivity contribution in [2.24, 2.45) is 5.16 Å². The number of nitrogens with zero attached hydrogens (tertiary/aromatic N) is 1. The normalized spacial score (nSPS) is 16.6. The fourth-order valence-electron chi connectivity index (χ4n) is 3.24. The van der Waals surface area contributed by atoms with E-state index in [2.05, 4.69) is 15.8 Å². The first kappa shape index (κ1) is 24.1. The van der Waals surface area contributed by atoms with Crippen LogP contribution in [-0.2, 0) is 32.2 Å². The second-order valence-electron chi connectivity index (χ2n) is 7.48. The molecule has 1 unspecified atom stereocenters. The van der Waals surface area contributed by atoms with Crippen LogP contribution in [0.25, 0.3) is 0 Å². The van der Waals surface area contributed by atoms with Crippen molar-refractivity contribution in [1.29, 1.82) is 0 Å². The molecule has 0 bridgehead atoms. The Kier molecular flexibility index (Phi) is 8.65. The predicted molar refractivity (Wildman–Crippen MR) is 121 cm³/mol. The van der Waals surface area contributed by atoms with E-state index < -0.39 is 36.2 Å². The molecule has 9 nitrogen and oxygen atoms in total. The molecule has 0 aliphatic carbocycles. The van der Waals surface area contributed by atoms with Gasteiger partial charge in [-0.3, -0.25) is 4.79 Å². The number of hydrogen-bond donors (Lipinski definition) is 3. The van der Waals surface area contributed by atoms with E-state index in [4.69, 9.17) is 21.2 Å². The Morgan fingerprint density at radius 1 is 1.03 bits per heavy atom. The third kappa shape index (κ3) is 7.80. The number of carbonyl (C=O) groups excluding carboxylic acids is 2. The molecular weight excluding hydrogens is 450 g/mol. The fraction of sp³-hybridized carbons (Fsp3) is 0.304. The van der Waals surface area contributed by atoms with Crippen LogP contribution in [0.5, 0.6) is 0 Å². The van der Waals surface area contributed by atoms with E-state index in [-0.39, 0.29) is 31.0 Å². The molecule has 0 aromatic heterocycles. The maximum atomic E-state index is 13.0. The molecule has 1 aliphatic rings. The van der Waals surface area contributed by atoms with Gasteiger partial charge in [-0.1, -0.05) is 77.4 Å². The van der Waals surface area contributed by atoms with Crippen LogP contribution in [0.15, 0.2) is 65.8 Å². The van der Waals surface area contributed by atoms with Crippen LogP contribution >= 0.6 is 11.6 Å². The number of halogens is 1. The van der Waals surface area contributed by atoms with Crippen LogP contribution in [0, 0.1) is 0 Å². The molecule has 0 radical (unpaired) electrons. The lowest BCUT2D eigenvalue weighted by Crippen LogP contribution is -2.53. The maximum absolute atomic E-state index is 13.0. The highest BCUT2D eigenvalue weighted by Gasteiger charge is 2.31. The number of aliphatic carboxylic acids is 1. The quantitative estimate of drug-likeness (QED) is 0.487. The summed E-state index contributed by atoms with van der Waals surface area (Å²) in [6.07, 6.45) is -0.971. The minimum atomic E-state index is -1.25. The highest BCUT2D eigenvalue weighted by atomic mass is 35.5. The number of nitrogens with one attached hydrogen (secondary N) is 2. The smallest absolute Gasteiger partial charge is 0.408 e. The summed E-state index contributed by atoms with van der Waals surface area (Å²) in [6.45, 7) is 0.0316. The van der Waals surface area contributed by atoms with Crippen molar-refractivity contribution in [3.8, 4) is 0 Å². The van der Waals surface area contributed by atoms with Gasteiger partial charge in [0.05, 0.1) is 0 Å². The highest BCUT2D eigenvalue weighted by Crippen LogP contribution is 2.18. The molecule has 2 amide bonds. The molecule has 10 heteroatoms. The van der Waals surface area contributed by atoms with Crippen molar-refractivity contribution in [2.45, 2.75) is 44.1 Å². The number of ether oxygens (including phenoxy) is 1. The van der Waals surface area contributed by atoms with Crippen LogP contribution in [-0.4, -0.2) is 46.4 Å². The number of carboxylic acids is 1. The maximum Gasteiger partial charge on any atom is 0.408 e. The number of hydrogen-bond acceptors (Lipinski definition) is 6. The minimum Gasteiger partial charge on any atom is -0.480 e. The number of carbonyl (C=O) groups is 3. The Labute approximate surface area is 195 Å². The Bertz CT molecular complexity index is 986. The molecule has 3 atom stereocenters. The molecule has 0 saturated heterocycles. The number of oxime groups is 1. The summed E-state index contributed by atoms with van der Waals surface area (Å²) in [7, 11) is 0. The molecule has 0 fully saturated rings. The zero-order valence-corrected chi connectivity index (χ0v) is 18.4. The number of amides is 2. The predicted octanol–water partition coefficient (Wildman–Crippen LogP) is 2.82. The highest BCUT2D eigenvalue weighted by molar-refractivity contribution is 6.65. The van der Waals surface area contributed by atoms with Crippen LogP contribution in [0.4, 0.5) is 4.79 Å². The van der Waals surface area contributed by atoms with E-state index in [1.165, 1.54) is 0 Å². The molecule has 0 saturated carbocycles. The third-order valence-electron chi connectivity index (χ3n) is 4.91. The first-order valence-corrected chi connectivity index (χ1v) is 10.7. The van der Waals surface area contributed by atoms with E-state index in [9.17, 15) is 19.5 Å². The molecule has 1 aliphatic heterocycles. The van der Waals surface area contributed by atoms with E-state index in [1.54, 1.807) is 36.4 Å². The van der Waals surface area contributed by atoms with E-state index >= 15 is 0 Å². The lowest BCUT2D eigenvalue weighted by atomic mass is 10.0. The van der Waals surface area contributed by atoms with Crippen molar-refractivity contribution in [3.63, 3.8) is 0 Å². The molecule has 3 rings (SSSR count). The monoisotopic (exact) mass is 473 g/mol. The van der Waals surface area contributed by atoms with Gasteiger partial charge in [0, 0.05) is 19.3 Å².